The number of rotatable bonds is 4. The zero-order chi connectivity index (χ0) is 15.4. The highest BCUT2D eigenvalue weighted by Gasteiger charge is 2.41. The van der Waals surface area contributed by atoms with E-state index < -0.39 is 0 Å². The average molecular weight is 378 g/mol. The molecule has 1 fully saturated rings. The van der Waals surface area contributed by atoms with Crippen LogP contribution in [-0.4, -0.2) is 17.6 Å². The maximum absolute atomic E-state index is 12.1. The number of nitrogens with one attached hydrogen (secondary N) is 1. The minimum Gasteiger partial charge on any atom is -0.445 e. The molecule has 5 heteroatoms. The number of ether oxygens (including phenoxy) is 1. The van der Waals surface area contributed by atoms with E-state index in [1.54, 1.807) is 0 Å². The lowest BCUT2D eigenvalue weighted by molar-refractivity contribution is 0.129. The molecular formula is C17H16BrNO2S. The first kappa shape index (κ1) is 15.4. The van der Waals surface area contributed by atoms with Crippen LogP contribution in [0.1, 0.15) is 11.1 Å². The number of thioether (sulfide) groups is 1. The fourth-order valence-corrected chi connectivity index (χ4v) is 3.70. The second kappa shape index (κ2) is 6.75. The van der Waals surface area contributed by atoms with Crippen molar-refractivity contribution in [1.29, 1.82) is 0 Å². The number of carbonyl (C=O) groups is 1. The third kappa shape index (κ3) is 3.47. The van der Waals surface area contributed by atoms with Crippen LogP contribution in [0, 0.1) is 0 Å². The Morgan fingerprint density at radius 2 is 1.82 bits per heavy atom. The third-order valence-corrected chi connectivity index (χ3v) is 5.57. The first-order chi connectivity index (χ1) is 10.7. The smallest absolute Gasteiger partial charge is 0.408 e. The lowest BCUT2D eigenvalue weighted by Gasteiger charge is -2.41. The molecule has 0 aromatic heterocycles. The first-order valence-electron chi connectivity index (χ1n) is 7.01. The third-order valence-electron chi connectivity index (χ3n) is 3.65. The van der Waals surface area contributed by atoms with Crippen LogP contribution in [0.25, 0.3) is 0 Å². The summed E-state index contributed by atoms with van der Waals surface area (Å²) < 4.78 is 6.37. The van der Waals surface area contributed by atoms with E-state index in [4.69, 9.17) is 4.74 Å². The molecule has 1 aliphatic rings. The monoisotopic (exact) mass is 377 g/mol. The van der Waals surface area contributed by atoms with Crippen molar-refractivity contribution < 1.29 is 9.53 Å². The SMILES string of the molecule is O=C(NC1(c2ccc(Br)cc2)CSC1)OCc1ccccc1. The largest absolute Gasteiger partial charge is 0.445 e. The summed E-state index contributed by atoms with van der Waals surface area (Å²) in [6.45, 7) is 0.288. The Morgan fingerprint density at radius 3 is 2.41 bits per heavy atom. The standard InChI is InChI=1S/C17H16BrNO2S/c18-15-8-6-14(7-9-15)17(11-22-12-17)19-16(20)21-10-13-4-2-1-3-5-13/h1-9H,10-12H2,(H,19,20). The van der Waals surface area contributed by atoms with Gasteiger partial charge >= 0.3 is 6.09 Å². The van der Waals surface area contributed by atoms with Crippen LogP contribution >= 0.6 is 27.7 Å². The molecular weight excluding hydrogens is 362 g/mol. The maximum Gasteiger partial charge on any atom is 0.408 e. The van der Waals surface area contributed by atoms with Crippen molar-refractivity contribution in [3.8, 4) is 0 Å². The Hall–Kier alpha value is -1.46. The van der Waals surface area contributed by atoms with Gasteiger partial charge in [0.25, 0.3) is 0 Å². The molecule has 0 radical (unpaired) electrons. The van der Waals surface area contributed by atoms with Gasteiger partial charge in [-0.3, -0.25) is 0 Å². The maximum atomic E-state index is 12.1. The van der Waals surface area contributed by atoms with Crippen molar-refractivity contribution in [2.24, 2.45) is 0 Å². The molecule has 0 unspecified atom stereocenters. The van der Waals surface area contributed by atoms with Crippen molar-refractivity contribution in [3.63, 3.8) is 0 Å². The number of halogens is 1. The van der Waals surface area contributed by atoms with E-state index in [1.807, 2.05) is 66.4 Å². The van der Waals surface area contributed by atoms with E-state index in [1.165, 1.54) is 0 Å². The fraction of sp³-hybridized carbons (Fsp3) is 0.235. The number of alkyl carbamates (subject to hydrolysis) is 1. The van der Waals surface area contributed by atoms with Crippen molar-refractivity contribution in [2.75, 3.05) is 11.5 Å². The molecule has 1 heterocycles. The van der Waals surface area contributed by atoms with Crippen molar-refractivity contribution in [2.45, 2.75) is 12.1 Å². The summed E-state index contributed by atoms with van der Waals surface area (Å²) in [5, 5.41) is 3.04. The van der Waals surface area contributed by atoms with Crippen molar-refractivity contribution in [3.05, 3.63) is 70.2 Å². The van der Waals surface area contributed by atoms with Gasteiger partial charge in [-0.25, -0.2) is 4.79 Å². The van der Waals surface area contributed by atoms with Crippen LogP contribution < -0.4 is 5.32 Å². The Labute approximate surface area is 142 Å². The van der Waals surface area contributed by atoms with E-state index in [-0.39, 0.29) is 18.2 Å². The molecule has 1 amide bonds. The van der Waals surface area contributed by atoms with Crippen molar-refractivity contribution >= 4 is 33.8 Å². The normalized spacial score (nSPS) is 15.7. The molecule has 1 aliphatic heterocycles. The number of hydrogen-bond acceptors (Lipinski definition) is 3. The van der Waals surface area contributed by atoms with Gasteiger partial charge in [-0.15, -0.1) is 0 Å². The zero-order valence-corrected chi connectivity index (χ0v) is 14.3. The molecule has 0 aliphatic carbocycles. The van der Waals surface area contributed by atoms with E-state index in [0.29, 0.717) is 0 Å². The Balaban J connectivity index is 1.62. The predicted molar refractivity (Wildman–Crippen MR) is 92.9 cm³/mol. The summed E-state index contributed by atoms with van der Waals surface area (Å²) in [5.74, 6) is 1.74. The Bertz CT molecular complexity index is 641. The summed E-state index contributed by atoms with van der Waals surface area (Å²) in [6, 6.07) is 17.8. The highest BCUT2D eigenvalue weighted by molar-refractivity contribution is 9.10. The van der Waals surface area contributed by atoms with Gasteiger partial charge in [-0.1, -0.05) is 58.4 Å². The molecule has 0 atom stereocenters. The molecule has 2 aromatic rings. The number of hydrogen-bond donors (Lipinski definition) is 1. The highest BCUT2D eigenvalue weighted by atomic mass is 79.9. The van der Waals surface area contributed by atoms with Crippen LogP contribution in [0.15, 0.2) is 59.1 Å². The van der Waals surface area contributed by atoms with E-state index >= 15 is 0 Å². The van der Waals surface area contributed by atoms with Crippen LogP contribution in [-0.2, 0) is 16.9 Å². The molecule has 22 heavy (non-hydrogen) atoms. The van der Waals surface area contributed by atoms with E-state index in [9.17, 15) is 4.79 Å². The summed E-state index contributed by atoms with van der Waals surface area (Å²) in [5.41, 5.74) is 1.79. The van der Waals surface area contributed by atoms with Gasteiger partial charge in [0.1, 0.15) is 6.61 Å². The topological polar surface area (TPSA) is 38.3 Å². The number of benzene rings is 2. The minimum absolute atomic E-state index is 0.288. The number of carbonyl (C=O) groups excluding carboxylic acids is 1. The lowest BCUT2D eigenvalue weighted by Crippen LogP contribution is -2.55. The minimum atomic E-state index is -0.368. The van der Waals surface area contributed by atoms with Gasteiger partial charge in [0.15, 0.2) is 0 Å². The van der Waals surface area contributed by atoms with E-state index in [0.717, 1.165) is 27.1 Å². The van der Waals surface area contributed by atoms with Gasteiger partial charge in [-0.05, 0) is 23.3 Å². The molecule has 0 bridgehead atoms. The highest BCUT2D eigenvalue weighted by Crippen LogP contribution is 2.39. The fourth-order valence-electron chi connectivity index (χ4n) is 2.34. The molecule has 114 valence electrons. The zero-order valence-electron chi connectivity index (χ0n) is 11.9. The predicted octanol–water partition coefficient (Wildman–Crippen LogP) is 4.32. The summed E-state index contributed by atoms with van der Waals surface area (Å²) in [6.07, 6.45) is -0.368. The van der Waals surface area contributed by atoms with Crippen LogP contribution in [0.4, 0.5) is 4.79 Å². The van der Waals surface area contributed by atoms with Gasteiger partial charge in [0.05, 0.1) is 5.54 Å². The van der Waals surface area contributed by atoms with Crippen LogP contribution in [0.5, 0.6) is 0 Å². The molecule has 1 saturated heterocycles. The van der Waals surface area contributed by atoms with Gasteiger partial charge < -0.3 is 10.1 Å². The first-order valence-corrected chi connectivity index (χ1v) is 8.95. The second-order valence-electron chi connectivity index (χ2n) is 5.27. The lowest BCUT2D eigenvalue weighted by atomic mass is 9.93. The second-order valence-corrected chi connectivity index (χ2v) is 7.17. The molecule has 1 N–H and O–H groups in total. The number of amides is 1. The van der Waals surface area contributed by atoms with Crippen LogP contribution in [0.2, 0.25) is 0 Å². The molecule has 2 aromatic carbocycles. The van der Waals surface area contributed by atoms with Gasteiger partial charge in [0.2, 0.25) is 0 Å². The molecule has 3 nitrogen and oxygen atoms in total. The Morgan fingerprint density at radius 1 is 1.14 bits per heavy atom. The summed E-state index contributed by atoms with van der Waals surface area (Å²) in [4.78, 5) is 12.1. The quantitative estimate of drug-likeness (QED) is 0.861. The Kier molecular flexibility index (Phi) is 4.74. The van der Waals surface area contributed by atoms with E-state index in [2.05, 4.69) is 21.2 Å². The van der Waals surface area contributed by atoms with Gasteiger partial charge in [-0.2, -0.15) is 11.8 Å². The summed E-state index contributed by atoms with van der Waals surface area (Å²) >= 11 is 5.25. The van der Waals surface area contributed by atoms with Crippen molar-refractivity contribution in [1.82, 2.24) is 5.32 Å². The molecule has 0 saturated carbocycles. The molecule has 0 spiro atoms. The van der Waals surface area contributed by atoms with Gasteiger partial charge in [0, 0.05) is 16.0 Å². The van der Waals surface area contributed by atoms with Crippen LogP contribution in [0.3, 0.4) is 0 Å². The average Bonchev–Trinajstić information content (AvgIpc) is 2.51. The molecule has 3 rings (SSSR count). The summed E-state index contributed by atoms with van der Waals surface area (Å²) in [7, 11) is 0.